The van der Waals surface area contributed by atoms with E-state index in [2.05, 4.69) is 15.4 Å². The molecule has 16 heavy (non-hydrogen) atoms. The number of thiazole rings is 1. The van der Waals surface area contributed by atoms with E-state index < -0.39 is 5.03 Å². The number of nitrogens with one attached hydrogen (secondary N) is 1. The van der Waals surface area contributed by atoms with Gasteiger partial charge in [-0.15, -0.1) is 11.3 Å². The van der Waals surface area contributed by atoms with Gasteiger partial charge in [0.2, 0.25) is 0 Å². The Hall–Kier alpha value is -1.41. The van der Waals surface area contributed by atoms with Gasteiger partial charge >= 0.3 is 6.02 Å². The lowest BCUT2D eigenvalue weighted by molar-refractivity contribution is -0.486. The van der Waals surface area contributed by atoms with Crippen molar-refractivity contribution in [3.05, 3.63) is 25.7 Å². The fourth-order valence-corrected chi connectivity index (χ4v) is 1.77. The van der Waals surface area contributed by atoms with Gasteiger partial charge in [-0.25, -0.2) is 15.1 Å². The highest BCUT2D eigenvalue weighted by molar-refractivity contribution is 7.15. The molecule has 0 radical (unpaired) electrons. The Balaban J connectivity index is 2.53. The molecule has 0 saturated heterocycles. The summed E-state index contributed by atoms with van der Waals surface area (Å²) in [5, 5.41) is 15.1. The minimum atomic E-state index is -0.822. The van der Waals surface area contributed by atoms with Gasteiger partial charge in [-0.1, -0.05) is 11.6 Å². The van der Waals surface area contributed by atoms with Crippen LogP contribution in [0.3, 0.4) is 0 Å². The molecule has 0 amide bonds. The normalized spacial score (nSPS) is 11.2. The smallest absolute Gasteiger partial charge is 0.359 e. The zero-order valence-electron chi connectivity index (χ0n) is 8.34. The van der Waals surface area contributed by atoms with Gasteiger partial charge in [0.1, 0.15) is 5.10 Å². The summed E-state index contributed by atoms with van der Waals surface area (Å²) in [6.07, 6.45) is 1.58. The predicted molar refractivity (Wildman–Crippen MR) is 60.0 cm³/mol. The molecule has 1 rings (SSSR count). The van der Waals surface area contributed by atoms with E-state index in [1.165, 1.54) is 11.3 Å². The Morgan fingerprint density at radius 2 is 2.62 bits per heavy atom. The second kappa shape index (κ2) is 6.23. The molecule has 0 saturated carbocycles. The number of nitro groups is 1. The number of hydrogen-bond donors (Lipinski definition) is 1. The molecule has 0 fully saturated rings. The van der Waals surface area contributed by atoms with E-state index >= 15 is 0 Å². The van der Waals surface area contributed by atoms with Crippen molar-refractivity contribution in [3.63, 3.8) is 0 Å². The van der Waals surface area contributed by atoms with Gasteiger partial charge in [0.15, 0.2) is 9.50 Å². The highest BCUT2D eigenvalue weighted by Crippen LogP contribution is 2.17. The van der Waals surface area contributed by atoms with Gasteiger partial charge in [-0.2, -0.15) is 0 Å². The number of halogens is 1. The molecule has 88 valence electrons. The summed E-state index contributed by atoms with van der Waals surface area (Å²) >= 11 is 6.91. The van der Waals surface area contributed by atoms with Crippen LogP contribution in [-0.2, 0) is 11.3 Å². The van der Waals surface area contributed by atoms with Crippen molar-refractivity contribution in [1.82, 2.24) is 10.3 Å². The van der Waals surface area contributed by atoms with Crippen molar-refractivity contribution in [2.45, 2.75) is 13.5 Å². The maximum atomic E-state index is 10.2. The maximum Gasteiger partial charge on any atom is 0.359 e. The molecule has 0 aliphatic heterocycles. The van der Waals surface area contributed by atoms with E-state index in [-0.39, 0.29) is 6.02 Å². The predicted octanol–water partition coefficient (Wildman–Crippen LogP) is 1.47. The molecule has 1 aromatic rings. The van der Waals surface area contributed by atoms with Gasteiger partial charge in [0, 0.05) is 11.1 Å². The van der Waals surface area contributed by atoms with E-state index in [4.69, 9.17) is 16.3 Å². The lowest BCUT2D eigenvalue weighted by Crippen LogP contribution is -2.26. The number of ether oxygens (including phenoxy) is 1. The van der Waals surface area contributed by atoms with Crippen LogP contribution in [0, 0.1) is 10.1 Å². The van der Waals surface area contributed by atoms with Crippen LogP contribution in [0.4, 0.5) is 0 Å². The quantitative estimate of drug-likeness (QED) is 0.385. The molecule has 0 atom stereocenters. The topological polar surface area (TPSA) is 89.7 Å². The van der Waals surface area contributed by atoms with E-state index in [1.54, 1.807) is 13.1 Å². The van der Waals surface area contributed by atoms with Crippen LogP contribution in [0.25, 0.3) is 0 Å². The first-order chi connectivity index (χ1) is 7.61. The van der Waals surface area contributed by atoms with Gasteiger partial charge in [0.25, 0.3) is 0 Å². The summed E-state index contributed by atoms with van der Waals surface area (Å²) in [5.41, 5.74) is 0. The molecule has 0 aliphatic rings. The van der Waals surface area contributed by atoms with Crippen molar-refractivity contribution in [2.24, 2.45) is 5.10 Å². The summed E-state index contributed by atoms with van der Waals surface area (Å²) in [6.45, 7) is 2.33. The van der Waals surface area contributed by atoms with Crippen LogP contribution in [0.5, 0.6) is 0 Å². The Kier molecular flexibility index (Phi) is 4.93. The van der Waals surface area contributed by atoms with E-state index in [0.717, 1.165) is 4.88 Å². The lowest BCUT2D eigenvalue weighted by Gasteiger charge is -2.04. The van der Waals surface area contributed by atoms with E-state index in [9.17, 15) is 10.1 Å². The molecule has 7 nitrogen and oxygen atoms in total. The Morgan fingerprint density at radius 1 is 1.88 bits per heavy atom. The fourth-order valence-electron chi connectivity index (χ4n) is 0.854. The third-order valence-electron chi connectivity index (χ3n) is 1.39. The zero-order valence-corrected chi connectivity index (χ0v) is 9.92. The lowest BCUT2D eigenvalue weighted by atomic mass is 10.5. The van der Waals surface area contributed by atoms with Crippen LogP contribution >= 0.6 is 22.9 Å². The van der Waals surface area contributed by atoms with Gasteiger partial charge in [0.05, 0.1) is 13.2 Å². The molecule has 9 heteroatoms. The summed E-state index contributed by atoms with van der Waals surface area (Å²) in [7, 11) is 0. The van der Waals surface area contributed by atoms with Gasteiger partial charge < -0.3 is 10.1 Å². The first-order valence-electron chi connectivity index (χ1n) is 4.31. The fraction of sp³-hybridized carbons (Fsp3) is 0.429. The number of amidine groups is 1. The SMILES string of the molecule is CCOC(=N[N+](=O)[O-])NCc1cnc(Cl)s1. The third-order valence-corrected chi connectivity index (χ3v) is 2.51. The standard InChI is InChI=1S/C7H9ClN4O3S/c1-2-15-7(11-12(13)14)10-4-5-3-9-6(8)16-5/h3H,2,4H2,1H3,(H,10,11). The summed E-state index contributed by atoms with van der Waals surface area (Å²) in [6, 6.07) is -0.128. The summed E-state index contributed by atoms with van der Waals surface area (Å²) in [4.78, 5) is 14.8. The minimum absolute atomic E-state index is 0.128. The second-order valence-electron chi connectivity index (χ2n) is 2.51. The highest BCUT2D eigenvalue weighted by Gasteiger charge is 2.06. The van der Waals surface area contributed by atoms with Crippen LogP contribution in [-0.4, -0.2) is 22.6 Å². The molecule has 0 unspecified atom stereocenters. The largest absolute Gasteiger partial charge is 0.461 e. The molecule has 0 aromatic carbocycles. The first-order valence-corrected chi connectivity index (χ1v) is 5.51. The van der Waals surface area contributed by atoms with Gasteiger partial charge in [-0.05, 0) is 6.92 Å². The number of aromatic nitrogens is 1. The van der Waals surface area contributed by atoms with Crippen LogP contribution in [0.2, 0.25) is 4.47 Å². The number of hydrogen-bond acceptors (Lipinski definition) is 5. The average Bonchev–Trinajstić information content (AvgIpc) is 2.60. The number of rotatable bonds is 4. The molecular weight excluding hydrogens is 256 g/mol. The highest BCUT2D eigenvalue weighted by atomic mass is 35.5. The van der Waals surface area contributed by atoms with Crippen LogP contribution in [0.15, 0.2) is 11.3 Å². The Morgan fingerprint density at radius 3 is 3.12 bits per heavy atom. The van der Waals surface area contributed by atoms with E-state index in [1.807, 2.05) is 0 Å². The van der Waals surface area contributed by atoms with Crippen molar-refractivity contribution < 1.29 is 9.77 Å². The van der Waals surface area contributed by atoms with Gasteiger partial charge in [-0.3, -0.25) is 0 Å². The van der Waals surface area contributed by atoms with Crippen LogP contribution < -0.4 is 5.32 Å². The van der Waals surface area contributed by atoms with Crippen molar-refractivity contribution in [1.29, 1.82) is 0 Å². The zero-order chi connectivity index (χ0) is 12.0. The van der Waals surface area contributed by atoms with Crippen molar-refractivity contribution >= 4 is 29.0 Å². The molecule has 0 spiro atoms. The molecule has 1 aromatic heterocycles. The van der Waals surface area contributed by atoms with Crippen molar-refractivity contribution in [3.8, 4) is 0 Å². The second-order valence-corrected chi connectivity index (χ2v) is 4.21. The number of hydrazone groups is 1. The van der Waals surface area contributed by atoms with Crippen LogP contribution in [0.1, 0.15) is 11.8 Å². The summed E-state index contributed by atoms with van der Waals surface area (Å²) in [5.74, 6) is 0. The van der Waals surface area contributed by atoms with E-state index in [0.29, 0.717) is 17.6 Å². The molecule has 0 bridgehead atoms. The Bertz CT molecular complexity index is 395. The molecular formula is C7H9ClN4O3S. The molecule has 0 aliphatic carbocycles. The maximum absolute atomic E-state index is 10.2. The third kappa shape index (κ3) is 4.41. The minimum Gasteiger partial charge on any atom is -0.461 e. The molecule has 1 heterocycles. The number of nitrogens with zero attached hydrogens (tertiary/aromatic N) is 3. The Labute approximate surface area is 100 Å². The van der Waals surface area contributed by atoms with Crippen molar-refractivity contribution in [2.75, 3.05) is 6.61 Å². The monoisotopic (exact) mass is 264 g/mol. The summed E-state index contributed by atoms with van der Waals surface area (Å²) < 4.78 is 5.35. The first kappa shape index (κ1) is 12.7. The average molecular weight is 265 g/mol. The molecule has 1 N–H and O–H groups in total.